The third-order valence-electron chi connectivity index (χ3n) is 2.64. The van der Waals surface area contributed by atoms with Crippen molar-refractivity contribution in [3.8, 4) is 0 Å². The number of rotatable bonds is 4. The Morgan fingerprint density at radius 1 is 1.24 bits per heavy atom. The van der Waals surface area contributed by atoms with Crippen LogP contribution in [-0.4, -0.2) is 10.7 Å². The summed E-state index contributed by atoms with van der Waals surface area (Å²) < 4.78 is 13.0. The second-order valence-electron chi connectivity index (χ2n) is 4.61. The second kappa shape index (κ2) is 4.98. The zero-order valence-electron chi connectivity index (χ0n) is 9.69. The number of hydrogen-bond acceptors (Lipinski definition) is 2. The van der Waals surface area contributed by atoms with Crippen molar-refractivity contribution in [3.63, 3.8) is 0 Å². The number of aliphatic hydroxyl groups is 1. The van der Waals surface area contributed by atoms with Crippen LogP contribution < -0.4 is 0 Å². The summed E-state index contributed by atoms with van der Waals surface area (Å²) in [5.41, 5.74) is 1.11. The molecule has 0 amide bonds. The zero-order valence-corrected chi connectivity index (χ0v) is 10.5. The minimum atomic E-state index is -0.838. The van der Waals surface area contributed by atoms with Crippen LogP contribution in [0, 0.1) is 5.82 Å². The van der Waals surface area contributed by atoms with Crippen LogP contribution in [0.1, 0.15) is 18.1 Å². The molecule has 3 heteroatoms. The molecule has 2 aromatic rings. The summed E-state index contributed by atoms with van der Waals surface area (Å²) in [4.78, 5) is 0. The summed E-state index contributed by atoms with van der Waals surface area (Å²) in [5.74, 6) is -0.256. The third-order valence-corrected chi connectivity index (χ3v) is 3.37. The highest BCUT2D eigenvalue weighted by atomic mass is 32.1. The van der Waals surface area contributed by atoms with E-state index in [9.17, 15) is 9.50 Å². The minimum Gasteiger partial charge on any atom is -0.389 e. The summed E-state index contributed by atoms with van der Waals surface area (Å²) in [5, 5.41) is 14.3. The Labute approximate surface area is 105 Å². The molecule has 1 N–H and O–H groups in total. The predicted molar refractivity (Wildman–Crippen MR) is 68.8 cm³/mol. The second-order valence-corrected chi connectivity index (χ2v) is 5.39. The molecule has 2 rings (SSSR count). The van der Waals surface area contributed by atoms with E-state index < -0.39 is 5.60 Å². The van der Waals surface area contributed by atoms with E-state index in [1.54, 1.807) is 24.3 Å². The first-order valence-corrected chi connectivity index (χ1v) is 6.47. The van der Waals surface area contributed by atoms with Crippen molar-refractivity contribution in [2.75, 3.05) is 0 Å². The van der Waals surface area contributed by atoms with Crippen LogP contribution in [0.5, 0.6) is 0 Å². The Morgan fingerprint density at radius 3 is 2.65 bits per heavy atom. The van der Waals surface area contributed by atoms with Crippen molar-refractivity contribution >= 4 is 11.3 Å². The van der Waals surface area contributed by atoms with E-state index in [-0.39, 0.29) is 5.82 Å². The smallest absolute Gasteiger partial charge is 0.123 e. The van der Waals surface area contributed by atoms with Crippen LogP contribution in [-0.2, 0) is 12.8 Å². The number of hydrogen-bond donors (Lipinski definition) is 1. The van der Waals surface area contributed by atoms with E-state index in [1.807, 2.05) is 22.9 Å². The van der Waals surface area contributed by atoms with Gasteiger partial charge in [-0.3, -0.25) is 0 Å². The van der Waals surface area contributed by atoms with Crippen LogP contribution in [0.25, 0.3) is 0 Å². The fraction of sp³-hybridized carbons (Fsp3) is 0.286. The average Bonchev–Trinajstić information content (AvgIpc) is 2.68. The molecule has 90 valence electrons. The first-order valence-electron chi connectivity index (χ1n) is 5.53. The van der Waals surface area contributed by atoms with Gasteiger partial charge in [-0.1, -0.05) is 12.1 Å². The molecule has 0 aliphatic rings. The Bertz CT molecular complexity index is 477. The molecule has 0 spiro atoms. The molecular weight excluding hydrogens is 235 g/mol. The lowest BCUT2D eigenvalue weighted by atomic mass is 9.91. The highest BCUT2D eigenvalue weighted by Crippen LogP contribution is 2.20. The number of halogens is 1. The molecule has 1 aromatic heterocycles. The molecule has 1 aromatic carbocycles. The molecule has 0 aliphatic carbocycles. The summed E-state index contributed by atoms with van der Waals surface area (Å²) in [7, 11) is 0. The molecule has 0 aliphatic heterocycles. The number of benzene rings is 1. The molecule has 0 radical (unpaired) electrons. The fourth-order valence-electron chi connectivity index (χ4n) is 1.98. The van der Waals surface area contributed by atoms with Crippen LogP contribution >= 0.6 is 11.3 Å². The fourth-order valence-corrected chi connectivity index (χ4v) is 2.65. The van der Waals surface area contributed by atoms with Gasteiger partial charge in [-0.2, -0.15) is 11.3 Å². The van der Waals surface area contributed by atoms with Crippen LogP contribution in [0.2, 0.25) is 0 Å². The van der Waals surface area contributed by atoms with Crippen molar-refractivity contribution in [2.24, 2.45) is 0 Å². The first-order chi connectivity index (χ1) is 8.05. The normalized spacial score (nSPS) is 14.5. The number of thiophene rings is 1. The molecule has 1 atom stereocenters. The average molecular weight is 250 g/mol. The first kappa shape index (κ1) is 12.3. The highest BCUT2D eigenvalue weighted by molar-refractivity contribution is 7.07. The highest BCUT2D eigenvalue weighted by Gasteiger charge is 2.21. The molecular formula is C14H15FOS. The van der Waals surface area contributed by atoms with Crippen LogP contribution in [0.3, 0.4) is 0 Å². The molecule has 0 saturated carbocycles. The lowest BCUT2D eigenvalue weighted by Gasteiger charge is -2.23. The van der Waals surface area contributed by atoms with Gasteiger partial charge in [0.15, 0.2) is 0 Å². The van der Waals surface area contributed by atoms with Gasteiger partial charge in [-0.05, 0) is 47.0 Å². The van der Waals surface area contributed by atoms with E-state index in [4.69, 9.17) is 0 Å². The monoisotopic (exact) mass is 250 g/mol. The molecule has 0 saturated heterocycles. The van der Waals surface area contributed by atoms with Gasteiger partial charge in [0.2, 0.25) is 0 Å². The maximum Gasteiger partial charge on any atom is 0.123 e. The van der Waals surface area contributed by atoms with Crippen molar-refractivity contribution in [2.45, 2.75) is 25.4 Å². The van der Waals surface area contributed by atoms with Crippen molar-refractivity contribution in [1.29, 1.82) is 0 Å². The standard InChI is InChI=1S/C14H15FOS/c1-14(16,9-12-5-6-17-10-12)8-11-3-2-4-13(15)7-11/h2-7,10,16H,8-9H2,1H3. The topological polar surface area (TPSA) is 20.2 Å². The SMILES string of the molecule is CC(O)(Cc1ccsc1)Cc1cccc(F)c1. The summed E-state index contributed by atoms with van der Waals surface area (Å²) in [6.07, 6.45) is 1.05. The van der Waals surface area contributed by atoms with Gasteiger partial charge < -0.3 is 5.11 Å². The molecule has 1 heterocycles. The van der Waals surface area contributed by atoms with Crippen molar-refractivity contribution < 1.29 is 9.50 Å². The van der Waals surface area contributed by atoms with Crippen LogP contribution in [0.4, 0.5) is 4.39 Å². The van der Waals surface area contributed by atoms with Gasteiger partial charge in [0, 0.05) is 12.8 Å². The van der Waals surface area contributed by atoms with Gasteiger partial charge in [0.05, 0.1) is 5.60 Å². The zero-order chi connectivity index (χ0) is 12.3. The van der Waals surface area contributed by atoms with Gasteiger partial charge in [-0.25, -0.2) is 4.39 Å². The lowest BCUT2D eigenvalue weighted by Crippen LogP contribution is -2.29. The van der Waals surface area contributed by atoms with Gasteiger partial charge in [0.25, 0.3) is 0 Å². The summed E-state index contributed by atoms with van der Waals surface area (Å²) in [6.45, 7) is 1.79. The largest absolute Gasteiger partial charge is 0.389 e. The summed E-state index contributed by atoms with van der Waals surface area (Å²) in [6, 6.07) is 8.40. The predicted octanol–water partition coefficient (Wildman–Crippen LogP) is 3.42. The minimum absolute atomic E-state index is 0.256. The summed E-state index contributed by atoms with van der Waals surface area (Å²) >= 11 is 1.62. The van der Waals surface area contributed by atoms with Crippen LogP contribution in [0.15, 0.2) is 41.1 Å². The molecule has 0 fully saturated rings. The molecule has 1 nitrogen and oxygen atoms in total. The van der Waals surface area contributed by atoms with Crippen molar-refractivity contribution in [3.05, 3.63) is 58.0 Å². The Balaban J connectivity index is 2.06. The maximum absolute atomic E-state index is 13.0. The maximum atomic E-state index is 13.0. The van der Waals surface area contributed by atoms with E-state index in [1.165, 1.54) is 12.1 Å². The van der Waals surface area contributed by atoms with E-state index in [2.05, 4.69) is 0 Å². The Morgan fingerprint density at radius 2 is 2.00 bits per heavy atom. The van der Waals surface area contributed by atoms with E-state index in [0.717, 1.165) is 11.1 Å². The van der Waals surface area contributed by atoms with Gasteiger partial charge in [0.1, 0.15) is 5.82 Å². The third kappa shape index (κ3) is 3.65. The quantitative estimate of drug-likeness (QED) is 0.881. The van der Waals surface area contributed by atoms with Gasteiger partial charge in [-0.15, -0.1) is 0 Å². The molecule has 1 unspecified atom stereocenters. The molecule has 17 heavy (non-hydrogen) atoms. The van der Waals surface area contributed by atoms with Gasteiger partial charge >= 0.3 is 0 Å². The molecule has 0 bridgehead atoms. The lowest BCUT2D eigenvalue weighted by molar-refractivity contribution is 0.0609. The van der Waals surface area contributed by atoms with Crippen molar-refractivity contribution in [1.82, 2.24) is 0 Å². The van der Waals surface area contributed by atoms with E-state index in [0.29, 0.717) is 12.8 Å². The Hall–Kier alpha value is -1.19. The Kier molecular flexibility index (Phi) is 3.60. The van der Waals surface area contributed by atoms with E-state index >= 15 is 0 Å².